The minimum Gasteiger partial charge on any atom is -0.378 e. The molecule has 178 valence electrons. The van der Waals surface area contributed by atoms with E-state index in [9.17, 15) is 4.79 Å². The van der Waals surface area contributed by atoms with Gasteiger partial charge in [-0.05, 0) is 58.8 Å². The van der Waals surface area contributed by atoms with E-state index in [2.05, 4.69) is 40.3 Å². The highest BCUT2D eigenvalue weighted by atomic mass is 35.5. The molecule has 0 unspecified atom stereocenters. The Balaban J connectivity index is 1.33. The van der Waals surface area contributed by atoms with Gasteiger partial charge in [0, 0.05) is 18.0 Å². The van der Waals surface area contributed by atoms with Gasteiger partial charge in [0.1, 0.15) is 0 Å². The van der Waals surface area contributed by atoms with Crippen molar-refractivity contribution in [1.29, 1.82) is 0 Å². The molecule has 2 aliphatic heterocycles. The molecule has 2 saturated heterocycles. The number of rotatable bonds is 4. The lowest BCUT2D eigenvalue weighted by atomic mass is 9.71. The van der Waals surface area contributed by atoms with Crippen LogP contribution in [0.2, 0.25) is 4.34 Å². The summed E-state index contributed by atoms with van der Waals surface area (Å²) in [6.07, 6.45) is 5.56. The second-order valence-electron chi connectivity index (χ2n) is 9.57. The molecule has 2 aromatic heterocycles. The predicted octanol–water partition coefficient (Wildman–Crippen LogP) is 3.64. The molecule has 1 spiro atoms. The van der Waals surface area contributed by atoms with Gasteiger partial charge in [0.15, 0.2) is 0 Å². The Morgan fingerprint density at radius 3 is 2.52 bits per heavy atom. The summed E-state index contributed by atoms with van der Waals surface area (Å²) in [5, 5.41) is 3.32. The van der Waals surface area contributed by atoms with E-state index in [0.29, 0.717) is 25.7 Å². The lowest BCUT2D eigenvalue weighted by molar-refractivity contribution is 0.0689. The number of thiophene rings is 1. The predicted molar refractivity (Wildman–Crippen MR) is 132 cm³/mol. The molecule has 3 aliphatic rings. The van der Waals surface area contributed by atoms with Crippen molar-refractivity contribution in [2.24, 2.45) is 0 Å². The van der Waals surface area contributed by atoms with E-state index < -0.39 is 0 Å². The molecule has 0 atom stereocenters. The van der Waals surface area contributed by atoms with Crippen LogP contribution in [-0.2, 0) is 10.3 Å². The number of aromatic nitrogens is 2. The second kappa shape index (κ2) is 8.69. The van der Waals surface area contributed by atoms with Gasteiger partial charge in [0.05, 0.1) is 52.8 Å². The summed E-state index contributed by atoms with van der Waals surface area (Å²) >= 11 is 7.93. The first kappa shape index (κ1) is 22.8. The number of hydrogen-bond donors (Lipinski definition) is 1. The Morgan fingerprint density at radius 2 is 1.91 bits per heavy atom. The molecular weight excluding hydrogens is 460 g/mol. The van der Waals surface area contributed by atoms with Crippen molar-refractivity contribution in [2.45, 2.75) is 43.7 Å². The fraction of sp³-hybridized carbons (Fsp3) is 0.609. The largest absolute Gasteiger partial charge is 0.378 e. The number of halogens is 1. The zero-order valence-corrected chi connectivity index (χ0v) is 21.0. The van der Waals surface area contributed by atoms with E-state index in [1.54, 1.807) is 17.5 Å². The first-order valence-electron chi connectivity index (χ1n) is 11.5. The summed E-state index contributed by atoms with van der Waals surface area (Å²) in [7, 11) is 4.28. The molecule has 5 rings (SSSR count). The van der Waals surface area contributed by atoms with Crippen molar-refractivity contribution in [3.05, 3.63) is 33.2 Å². The number of morpholine rings is 1. The standard InChI is InChI=1S/C23H31ClN6O2S/c1-16-17(14-25-20(26-16)29-10-12-32-13-11-29)30-15-22(27-21(30)31)6-8-23(9-7-22,28(2)3)18-4-5-19(24)33-18/h4-5,14H,6-13,15H2,1-3H3,(H,27,31). The van der Waals surface area contributed by atoms with Crippen molar-refractivity contribution >= 4 is 40.6 Å². The van der Waals surface area contributed by atoms with Crippen molar-refractivity contribution in [3.8, 4) is 0 Å². The second-order valence-corrected chi connectivity index (χ2v) is 11.3. The molecule has 2 aromatic rings. The molecule has 0 aromatic carbocycles. The highest BCUT2D eigenvalue weighted by molar-refractivity contribution is 7.16. The minimum atomic E-state index is -0.229. The van der Waals surface area contributed by atoms with E-state index in [-0.39, 0.29) is 17.1 Å². The van der Waals surface area contributed by atoms with E-state index in [1.165, 1.54) is 4.88 Å². The SMILES string of the molecule is Cc1nc(N2CCOCC2)ncc1N1CC2(CCC(c3ccc(Cl)s3)(N(C)C)CC2)NC1=O. The summed E-state index contributed by atoms with van der Waals surface area (Å²) in [6, 6.07) is 4.08. The van der Waals surface area contributed by atoms with Crippen LogP contribution in [0.3, 0.4) is 0 Å². The quantitative estimate of drug-likeness (QED) is 0.705. The van der Waals surface area contributed by atoms with Crippen molar-refractivity contribution in [2.75, 3.05) is 56.7 Å². The van der Waals surface area contributed by atoms with E-state index in [0.717, 1.165) is 54.5 Å². The zero-order valence-electron chi connectivity index (χ0n) is 19.4. The lowest BCUT2D eigenvalue weighted by Crippen LogP contribution is -2.53. The van der Waals surface area contributed by atoms with Gasteiger partial charge in [0.25, 0.3) is 0 Å². The molecule has 0 radical (unpaired) electrons. The van der Waals surface area contributed by atoms with Gasteiger partial charge in [-0.3, -0.25) is 9.80 Å². The molecule has 4 heterocycles. The Bertz CT molecular complexity index is 1030. The number of carbonyl (C=O) groups is 1. The van der Waals surface area contributed by atoms with Crippen LogP contribution >= 0.6 is 22.9 Å². The molecule has 1 saturated carbocycles. The molecule has 10 heteroatoms. The number of amides is 2. The van der Waals surface area contributed by atoms with Gasteiger partial charge < -0.3 is 15.0 Å². The highest BCUT2D eigenvalue weighted by Gasteiger charge is 2.51. The van der Waals surface area contributed by atoms with E-state index >= 15 is 0 Å². The van der Waals surface area contributed by atoms with E-state index in [4.69, 9.17) is 21.3 Å². The van der Waals surface area contributed by atoms with Crippen LogP contribution in [0, 0.1) is 6.92 Å². The van der Waals surface area contributed by atoms with Gasteiger partial charge in [-0.15, -0.1) is 11.3 Å². The van der Waals surface area contributed by atoms with Crippen LogP contribution in [-0.4, -0.2) is 73.4 Å². The van der Waals surface area contributed by atoms with Crippen LogP contribution in [0.25, 0.3) is 0 Å². The third kappa shape index (κ3) is 4.09. The number of anilines is 2. The van der Waals surface area contributed by atoms with Gasteiger partial charge in [-0.1, -0.05) is 11.6 Å². The Labute approximate surface area is 203 Å². The Morgan fingerprint density at radius 1 is 1.18 bits per heavy atom. The maximum absolute atomic E-state index is 13.1. The maximum Gasteiger partial charge on any atom is 0.322 e. The summed E-state index contributed by atoms with van der Waals surface area (Å²) in [4.78, 5) is 29.9. The van der Waals surface area contributed by atoms with Gasteiger partial charge >= 0.3 is 6.03 Å². The number of carbonyl (C=O) groups excluding carboxylic acids is 1. The topological polar surface area (TPSA) is 73.8 Å². The van der Waals surface area contributed by atoms with Crippen LogP contribution in [0.5, 0.6) is 0 Å². The average molecular weight is 491 g/mol. The number of nitrogens with one attached hydrogen (secondary N) is 1. The van der Waals surface area contributed by atoms with Crippen LogP contribution in [0.15, 0.2) is 18.3 Å². The van der Waals surface area contributed by atoms with E-state index in [1.807, 2.05) is 17.9 Å². The summed E-state index contributed by atoms with van der Waals surface area (Å²) in [5.41, 5.74) is 1.34. The third-order valence-corrected chi connectivity index (χ3v) is 8.95. The summed E-state index contributed by atoms with van der Waals surface area (Å²) in [5.74, 6) is 0.705. The third-order valence-electron chi connectivity index (χ3n) is 7.53. The molecule has 1 aliphatic carbocycles. The molecular formula is C23H31ClN6O2S. The van der Waals surface area contributed by atoms with Crippen LogP contribution < -0.4 is 15.1 Å². The van der Waals surface area contributed by atoms with Gasteiger partial charge in [0.2, 0.25) is 5.95 Å². The van der Waals surface area contributed by atoms with Gasteiger partial charge in [-0.25, -0.2) is 14.8 Å². The number of aryl methyl sites for hydroxylation is 1. The zero-order chi connectivity index (χ0) is 23.2. The Kier molecular flexibility index (Phi) is 6.01. The Hall–Kier alpha value is -1.94. The molecule has 1 N–H and O–H groups in total. The van der Waals surface area contributed by atoms with Crippen molar-refractivity contribution in [1.82, 2.24) is 20.2 Å². The van der Waals surface area contributed by atoms with Crippen LogP contribution in [0.1, 0.15) is 36.3 Å². The highest BCUT2D eigenvalue weighted by Crippen LogP contribution is 2.48. The number of hydrogen-bond acceptors (Lipinski definition) is 7. The normalized spacial score (nSPS) is 28.1. The fourth-order valence-electron chi connectivity index (χ4n) is 5.44. The maximum atomic E-state index is 13.1. The average Bonchev–Trinajstić information content (AvgIpc) is 3.38. The van der Waals surface area contributed by atoms with Crippen LogP contribution in [0.4, 0.5) is 16.4 Å². The summed E-state index contributed by atoms with van der Waals surface area (Å²) in [6.45, 7) is 5.55. The first-order chi connectivity index (χ1) is 15.8. The first-order valence-corrected chi connectivity index (χ1v) is 12.7. The smallest absolute Gasteiger partial charge is 0.322 e. The van der Waals surface area contributed by atoms with Crippen molar-refractivity contribution in [3.63, 3.8) is 0 Å². The molecule has 3 fully saturated rings. The number of nitrogens with zero attached hydrogens (tertiary/aromatic N) is 5. The van der Waals surface area contributed by atoms with Gasteiger partial charge in [-0.2, -0.15) is 0 Å². The number of urea groups is 1. The molecule has 8 nitrogen and oxygen atoms in total. The minimum absolute atomic E-state index is 0.0416. The lowest BCUT2D eigenvalue weighted by Gasteiger charge is -2.47. The molecule has 0 bridgehead atoms. The molecule has 33 heavy (non-hydrogen) atoms. The summed E-state index contributed by atoms with van der Waals surface area (Å²) < 4.78 is 6.25. The number of ether oxygens (including phenoxy) is 1. The fourth-order valence-corrected chi connectivity index (χ4v) is 6.81. The monoisotopic (exact) mass is 490 g/mol. The van der Waals surface area contributed by atoms with Crippen molar-refractivity contribution < 1.29 is 9.53 Å². The molecule has 2 amide bonds.